The summed E-state index contributed by atoms with van der Waals surface area (Å²) in [6.07, 6.45) is -6.04. The number of nitrogens with zero attached hydrogens (tertiary/aromatic N) is 1. The van der Waals surface area contributed by atoms with E-state index in [2.05, 4.69) is 5.32 Å². The number of alkyl halides is 3. The molecular weight excluding hydrogens is 325 g/mol. The zero-order chi connectivity index (χ0) is 18.5. The predicted octanol–water partition coefficient (Wildman–Crippen LogP) is 2.71. The molecule has 0 radical (unpaired) electrons. The molecule has 0 saturated heterocycles. The van der Waals surface area contributed by atoms with Crippen molar-refractivity contribution in [2.75, 3.05) is 0 Å². The van der Waals surface area contributed by atoms with Gasteiger partial charge >= 0.3 is 6.18 Å². The lowest BCUT2D eigenvalue weighted by Gasteiger charge is -2.19. The molecule has 5 nitrogen and oxygen atoms in total. The molecule has 0 bridgehead atoms. The minimum absolute atomic E-state index is 0.289. The Labute approximate surface area is 137 Å². The SMILES string of the molecule is CC(C)NC(=O)[C@@H](C#N)C(=O)[C@H](C)Oc1ccccc1C(F)(F)F. The van der Waals surface area contributed by atoms with Crippen LogP contribution in [0.3, 0.4) is 0 Å². The molecule has 8 heteroatoms. The molecule has 0 unspecified atom stereocenters. The van der Waals surface area contributed by atoms with Gasteiger partial charge in [0.15, 0.2) is 17.8 Å². The van der Waals surface area contributed by atoms with Gasteiger partial charge in [0.05, 0.1) is 11.6 Å². The molecule has 2 atom stereocenters. The lowest BCUT2D eigenvalue weighted by molar-refractivity contribution is -0.142. The normalized spacial score (nSPS) is 13.8. The van der Waals surface area contributed by atoms with Crippen LogP contribution >= 0.6 is 0 Å². The molecule has 0 aliphatic heterocycles. The minimum atomic E-state index is -4.65. The van der Waals surface area contributed by atoms with E-state index in [-0.39, 0.29) is 6.04 Å². The highest BCUT2D eigenvalue weighted by Crippen LogP contribution is 2.36. The van der Waals surface area contributed by atoms with Crippen molar-refractivity contribution in [1.29, 1.82) is 5.26 Å². The van der Waals surface area contributed by atoms with Crippen LogP contribution in [0, 0.1) is 17.2 Å². The van der Waals surface area contributed by atoms with Gasteiger partial charge in [-0.05, 0) is 32.9 Å². The van der Waals surface area contributed by atoms with Crippen LogP contribution in [0.4, 0.5) is 13.2 Å². The number of amides is 1. The number of halogens is 3. The summed E-state index contributed by atoms with van der Waals surface area (Å²) in [6, 6.07) is 5.68. The van der Waals surface area contributed by atoms with E-state index in [0.717, 1.165) is 12.1 Å². The number of ketones is 1. The maximum absolute atomic E-state index is 12.9. The van der Waals surface area contributed by atoms with E-state index >= 15 is 0 Å². The van der Waals surface area contributed by atoms with Crippen molar-refractivity contribution in [2.24, 2.45) is 5.92 Å². The predicted molar refractivity (Wildman–Crippen MR) is 78.9 cm³/mol. The average molecular weight is 342 g/mol. The third-order valence-corrected chi connectivity index (χ3v) is 3.00. The Morgan fingerprint density at radius 3 is 2.29 bits per heavy atom. The first-order valence-corrected chi connectivity index (χ1v) is 7.14. The van der Waals surface area contributed by atoms with Crippen LogP contribution in [-0.2, 0) is 15.8 Å². The number of hydrogen-bond acceptors (Lipinski definition) is 4. The lowest BCUT2D eigenvalue weighted by atomic mass is 10.0. The number of nitriles is 1. The van der Waals surface area contributed by atoms with Gasteiger partial charge in [-0.1, -0.05) is 12.1 Å². The van der Waals surface area contributed by atoms with Gasteiger partial charge in [0.25, 0.3) is 0 Å². The van der Waals surface area contributed by atoms with Crippen molar-refractivity contribution in [3.05, 3.63) is 29.8 Å². The van der Waals surface area contributed by atoms with Gasteiger partial charge in [-0.3, -0.25) is 9.59 Å². The Morgan fingerprint density at radius 2 is 1.79 bits per heavy atom. The summed E-state index contributed by atoms with van der Waals surface area (Å²) >= 11 is 0. The molecular formula is C16H17F3N2O3. The first-order chi connectivity index (χ1) is 11.1. The highest BCUT2D eigenvalue weighted by atomic mass is 19.4. The zero-order valence-corrected chi connectivity index (χ0v) is 13.3. The molecule has 0 heterocycles. The maximum atomic E-state index is 12.9. The Bertz CT molecular complexity index is 651. The molecule has 1 rings (SSSR count). The van der Waals surface area contributed by atoms with Crippen LogP contribution in [0.1, 0.15) is 26.3 Å². The number of carbonyl (C=O) groups excluding carboxylic acids is 2. The first kappa shape index (κ1) is 19.5. The summed E-state index contributed by atoms with van der Waals surface area (Å²) in [5.74, 6) is -3.91. The Hall–Kier alpha value is -2.56. The van der Waals surface area contributed by atoms with E-state index in [9.17, 15) is 22.8 Å². The molecule has 1 aromatic carbocycles. The topological polar surface area (TPSA) is 79.2 Å². The number of para-hydroxylation sites is 1. The Kier molecular flexibility index (Phi) is 6.35. The molecule has 24 heavy (non-hydrogen) atoms. The van der Waals surface area contributed by atoms with E-state index in [1.165, 1.54) is 19.1 Å². The van der Waals surface area contributed by atoms with Crippen molar-refractivity contribution in [2.45, 2.75) is 39.1 Å². The standard InChI is InChI=1S/C16H17F3N2O3/c1-9(2)21-15(23)11(8-20)14(22)10(3)24-13-7-5-4-6-12(13)16(17,18)19/h4-7,9-11H,1-3H3,(H,21,23)/t10-,11-/m0/s1. The van der Waals surface area contributed by atoms with Gasteiger partial charge in [0.1, 0.15) is 5.75 Å². The Morgan fingerprint density at radius 1 is 1.21 bits per heavy atom. The largest absolute Gasteiger partial charge is 0.482 e. The van der Waals surface area contributed by atoms with E-state index in [1.807, 2.05) is 0 Å². The summed E-state index contributed by atoms with van der Waals surface area (Å²) in [4.78, 5) is 24.0. The number of ether oxygens (including phenoxy) is 1. The molecule has 1 amide bonds. The number of benzene rings is 1. The number of rotatable bonds is 6. The lowest BCUT2D eigenvalue weighted by Crippen LogP contribution is -2.42. The van der Waals surface area contributed by atoms with Gasteiger partial charge in [-0.2, -0.15) is 18.4 Å². The monoisotopic (exact) mass is 342 g/mol. The second-order valence-corrected chi connectivity index (χ2v) is 5.38. The first-order valence-electron chi connectivity index (χ1n) is 7.14. The fraction of sp³-hybridized carbons (Fsp3) is 0.438. The summed E-state index contributed by atoms with van der Waals surface area (Å²) in [5, 5.41) is 11.4. The number of Topliss-reactive ketones (excluding diaryl/α,β-unsaturated/α-hetero) is 1. The van der Waals surface area contributed by atoms with Crippen molar-refractivity contribution < 1.29 is 27.5 Å². The van der Waals surface area contributed by atoms with Crippen molar-refractivity contribution >= 4 is 11.7 Å². The smallest absolute Gasteiger partial charge is 0.419 e. The zero-order valence-electron chi connectivity index (χ0n) is 13.3. The van der Waals surface area contributed by atoms with Crippen molar-refractivity contribution in [3.8, 4) is 11.8 Å². The van der Waals surface area contributed by atoms with E-state index in [0.29, 0.717) is 0 Å². The van der Waals surface area contributed by atoms with Gasteiger partial charge in [-0.25, -0.2) is 0 Å². The van der Waals surface area contributed by atoms with E-state index in [4.69, 9.17) is 10.00 Å². The highest BCUT2D eigenvalue weighted by molar-refractivity contribution is 6.05. The van der Waals surface area contributed by atoms with E-state index in [1.54, 1.807) is 19.9 Å². The van der Waals surface area contributed by atoms with Gasteiger partial charge in [0.2, 0.25) is 5.91 Å². The molecule has 0 saturated carbocycles. The van der Waals surface area contributed by atoms with Crippen LogP contribution in [0.25, 0.3) is 0 Å². The average Bonchev–Trinajstić information content (AvgIpc) is 2.46. The number of hydrogen-bond donors (Lipinski definition) is 1. The molecule has 0 spiro atoms. The highest BCUT2D eigenvalue weighted by Gasteiger charge is 2.36. The fourth-order valence-electron chi connectivity index (χ4n) is 1.91. The molecule has 0 aliphatic carbocycles. The van der Waals surface area contributed by atoms with Gasteiger partial charge in [0, 0.05) is 6.04 Å². The van der Waals surface area contributed by atoms with Crippen molar-refractivity contribution in [1.82, 2.24) is 5.32 Å². The summed E-state index contributed by atoms with van der Waals surface area (Å²) in [7, 11) is 0. The van der Waals surface area contributed by atoms with E-state index < -0.39 is 41.2 Å². The minimum Gasteiger partial charge on any atom is -0.482 e. The van der Waals surface area contributed by atoms with Crippen LogP contribution < -0.4 is 10.1 Å². The number of carbonyl (C=O) groups is 2. The summed E-state index contributed by atoms with van der Waals surface area (Å²) in [6.45, 7) is 4.50. The summed E-state index contributed by atoms with van der Waals surface area (Å²) in [5.41, 5.74) is -1.04. The maximum Gasteiger partial charge on any atom is 0.419 e. The van der Waals surface area contributed by atoms with Crippen LogP contribution in [0.5, 0.6) is 5.75 Å². The van der Waals surface area contributed by atoms with Gasteiger partial charge < -0.3 is 10.1 Å². The third kappa shape index (κ3) is 4.98. The van der Waals surface area contributed by atoms with Crippen LogP contribution in [0.15, 0.2) is 24.3 Å². The molecule has 0 aliphatic rings. The van der Waals surface area contributed by atoms with Crippen molar-refractivity contribution in [3.63, 3.8) is 0 Å². The molecule has 1 aromatic rings. The quantitative estimate of drug-likeness (QED) is 0.806. The van der Waals surface area contributed by atoms with Gasteiger partial charge in [-0.15, -0.1) is 0 Å². The van der Waals surface area contributed by atoms with Crippen LogP contribution in [-0.4, -0.2) is 23.8 Å². The molecule has 130 valence electrons. The summed E-state index contributed by atoms with van der Waals surface area (Å²) < 4.78 is 43.8. The fourth-order valence-corrected chi connectivity index (χ4v) is 1.91. The Balaban J connectivity index is 2.96. The molecule has 0 fully saturated rings. The second kappa shape index (κ2) is 7.81. The number of nitrogens with one attached hydrogen (secondary N) is 1. The molecule has 1 N–H and O–H groups in total. The molecule has 0 aromatic heterocycles. The van der Waals surface area contributed by atoms with Crippen LogP contribution in [0.2, 0.25) is 0 Å². The second-order valence-electron chi connectivity index (χ2n) is 5.38. The third-order valence-electron chi connectivity index (χ3n) is 3.00.